The topological polar surface area (TPSA) is 68.3 Å². The summed E-state index contributed by atoms with van der Waals surface area (Å²) in [5, 5.41) is 12.7. The molecule has 0 saturated carbocycles. The van der Waals surface area contributed by atoms with E-state index in [2.05, 4.69) is 40.0 Å². The van der Waals surface area contributed by atoms with Gasteiger partial charge in [-0.3, -0.25) is 4.90 Å². The Hall–Kier alpha value is -2.36. The first kappa shape index (κ1) is 18.4. The van der Waals surface area contributed by atoms with Gasteiger partial charge in [0, 0.05) is 44.3 Å². The molecule has 2 aromatic rings. The second-order valence-corrected chi connectivity index (χ2v) is 6.82. The number of aryl methyl sites for hydroxylation is 1. The molecular weight excluding hydrogens is 326 g/mol. The maximum atomic E-state index is 9.39. The quantitative estimate of drug-likeness (QED) is 0.861. The van der Waals surface area contributed by atoms with E-state index in [-0.39, 0.29) is 0 Å². The molecule has 0 amide bonds. The lowest BCUT2D eigenvalue weighted by Crippen LogP contribution is -2.51. The minimum Gasteiger partial charge on any atom is -0.419 e. The molecule has 1 atom stereocenters. The number of anilines is 1. The molecule has 1 unspecified atom stereocenters. The molecule has 0 aliphatic carbocycles. The Morgan fingerprint density at radius 3 is 2.65 bits per heavy atom. The first-order valence-electron chi connectivity index (χ1n) is 9.29. The Kier molecular flexibility index (Phi) is 5.92. The SMILES string of the molecule is CCN1CCN(C(C)CNc2oc(-c3ccccc3C)nc2C#N)CC1. The second kappa shape index (κ2) is 8.35. The van der Waals surface area contributed by atoms with Gasteiger partial charge in [0.15, 0.2) is 0 Å². The van der Waals surface area contributed by atoms with Gasteiger partial charge in [-0.25, -0.2) is 0 Å². The van der Waals surface area contributed by atoms with Crippen molar-refractivity contribution in [3.05, 3.63) is 35.5 Å². The number of piperazine rings is 1. The van der Waals surface area contributed by atoms with Crippen LogP contribution in [0.15, 0.2) is 28.7 Å². The van der Waals surface area contributed by atoms with Crippen molar-refractivity contribution in [1.29, 1.82) is 5.26 Å². The Labute approximate surface area is 155 Å². The van der Waals surface area contributed by atoms with Crippen LogP contribution in [-0.2, 0) is 0 Å². The molecule has 1 aliphatic rings. The van der Waals surface area contributed by atoms with Gasteiger partial charge in [0.1, 0.15) is 6.07 Å². The molecule has 3 rings (SSSR count). The molecule has 1 aromatic heterocycles. The van der Waals surface area contributed by atoms with Crippen LogP contribution in [0.25, 0.3) is 11.5 Å². The highest BCUT2D eigenvalue weighted by atomic mass is 16.4. The fraction of sp³-hybridized carbons (Fsp3) is 0.500. The van der Waals surface area contributed by atoms with Crippen LogP contribution in [0, 0.1) is 18.3 Å². The summed E-state index contributed by atoms with van der Waals surface area (Å²) in [6.45, 7) is 12.7. The van der Waals surface area contributed by atoms with Gasteiger partial charge in [0.2, 0.25) is 17.5 Å². The van der Waals surface area contributed by atoms with E-state index < -0.39 is 0 Å². The normalized spacial score (nSPS) is 17.0. The molecule has 0 radical (unpaired) electrons. The molecule has 26 heavy (non-hydrogen) atoms. The predicted molar refractivity (Wildman–Crippen MR) is 103 cm³/mol. The summed E-state index contributed by atoms with van der Waals surface area (Å²) >= 11 is 0. The Morgan fingerprint density at radius 1 is 1.27 bits per heavy atom. The Morgan fingerprint density at radius 2 is 2.00 bits per heavy atom. The molecule has 1 aromatic carbocycles. The lowest BCUT2D eigenvalue weighted by atomic mass is 10.1. The number of nitrogens with one attached hydrogen (secondary N) is 1. The van der Waals surface area contributed by atoms with Crippen molar-refractivity contribution in [2.75, 3.05) is 44.6 Å². The molecular formula is C20H27N5O. The summed E-state index contributed by atoms with van der Waals surface area (Å²) in [6.07, 6.45) is 0. The van der Waals surface area contributed by atoms with Crippen LogP contribution >= 0.6 is 0 Å². The zero-order valence-electron chi connectivity index (χ0n) is 15.8. The van der Waals surface area contributed by atoms with E-state index in [1.807, 2.05) is 31.2 Å². The van der Waals surface area contributed by atoms with E-state index in [0.29, 0.717) is 23.5 Å². The number of benzene rings is 1. The first-order chi connectivity index (χ1) is 12.6. The average molecular weight is 353 g/mol. The number of nitrogens with zero attached hydrogens (tertiary/aromatic N) is 4. The van der Waals surface area contributed by atoms with Gasteiger partial charge in [-0.2, -0.15) is 10.2 Å². The van der Waals surface area contributed by atoms with Crippen molar-refractivity contribution >= 4 is 5.88 Å². The van der Waals surface area contributed by atoms with E-state index in [0.717, 1.165) is 50.4 Å². The molecule has 138 valence electrons. The number of hydrogen-bond acceptors (Lipinski definition) is 6. The third-order valence-electron chi connectivity index (χ3n) is 5.14. The molecule has 6 nitrogen and oxygen atoms in total. The molecule has 0 spiro atoms. The monoisotopic (exact) mass is 353 g/mol. The number of rotatable bonds is 6. The predicted octanol–water partition coefficient (Wildman–Crippen LogP) is 2.96. The number of nitriles is 1. The van der Waals surface area contributed by atoms with Gasteiger partial charge < -0.3 is 14.6 Å². The van der Waals surface area contributed by atoms with Crippen molar-refractivity contribution in [3.63, 3.8) is 0 Å². The van der Waals surface area contributed by atoms with Crippen molar-refractivity contribution < 1.29 is 4.42 Å². The van der Waals surface area contributed by atoms with Crippen LogP contribution in [0.5, 0.6) is 0 Å². The molecule has 2 heterocycles. The molecule has 0 bridgehead atoms. The summed E-state index contributed by atoms with van der Waals surface area (Å²) in [5.74, 6) is 0.955. The standard InChI is InChI=1S/C20H27N5O/c1-4-24-9-11-25(12-10-24)16(3)14-22-20-18(13-21)23-19(26-20)17-8-6-5-7-15(17)2/h5-8,16,22H,4,9-12,14H2,1-3H3. The fourth-order valence-electron chi connectivity index (χ4n) is 3.33. The van der Waals surface area contributed by atoms with Gasteiger partial charge in [0.05, 0.1) is 0 Å². The van der Waals surface area contributed by atoms with Crippen molar-refractivity contribution in [1.82, 2.24) is 14.8 Å². The van der Waals surface area contributed by atoms with E-state index in [1.165, 1.54) is 0 Å². The summed E-state index contributed by atoms with van der Waals surface area (Å²) in [5.41, 5.74) is 2.30. The molecule has 1 N–H and O–H groups in total. The molecule has 6 heteroatoms. The molecule has 1 saturated heterocycles. The maximum absolute atomic E-state index is 9.39. The van der Waals surface area contributed by atoms with Gasteiger partial charge >= 0.3 is 0 Å². The number of aromatic nitrogens is 1. The summed E-state index contributed by atoms with van der Waals surface area (Å²) < 4.78 is 5.87. The minimum absolute atomic E-state index is 0.311. The van der Waals surface area contributed by atoms with Gasteiger partial charge in [-0.1, -0.05) is 25.1 Å². The Bertz CT molecular complexity index is 771. The van der Waals surface area contributed by atoms with E-state index in [9.17, 15) is 5.26 Å². The zero-order chi connectivity index (χ0) is 18.5. The summed E-state index contributed by atoms with van der Waals surface area (Å²) in [4.78, 5) is 9.30. The number of likely N-dealkylation sites (N-methyl/N-ethyl adjacent to an activating group) is 1. The van der Waals surface area contributed by atoms with Gasteiger partial charge in [-0.05, 0) is 32.0 Å². The molecule has 1 fully saturated rings. The van der Waals surface area contributed by atoms with Crippen LogP contribution in [0.3, 0.4) is 0 Å². The fourth-order valence-corrected chi connectivity index (χ4v) is 3.33. The van der Waals surface area contributed by atoms with Crippen LogP contribution in [0.4, 0.5) is 5.88 Å². The smallest absolute Gasteiger partial charge is 0.232 e. The zero-order valence-corrected chi connectivity index (χ0v) is 15.8. The van der Waals surface area contributed by atoms with E-state index >= 15 is 0 Å². The average Bonchev–Trinajstić information content (AvgIpc) is 3.09. The van der Waals surface area contributed by atoms with Crippen LogP contribution in [0.2, 0.25) is 0 Å². The largest absolute Gasteiger partial charge is 0.419 e. The highest BCUT2D eigenvalue weighted by Gasteiger charge is 2.21. The van der Waals surface area contributed by atoms with E-state index in [1.54, 1.807) is 0 Å². The summed E-state index contributed by atoms with van der Waals surface area (Å²) in [6, 6.07) is 10.4. The lowest BCUT2D eigenvalue weighted by Gasteiger charge is -2.37. The van der Waals surface area contributed by atoms with Crippen LogP contribution in [0.1, 0.15) is 25.1 Å². The lowest BCUT2D eigenvalue weighted by molar-refractivity contribution is 0.110. The maximum Gasteiger partial charge on any atom is 0.232 e. The second-order valence-electron chi connectivity index (χ2n) is 6.82. The van der Waals surface area contributed by atoms with Gasteiger partial charge in [-0.15, -0.1) is 0 Å². The minimum atomic E-state index is 0.311. The van der Waals surface area contributed by atoms with Crippen LogP contribution in [-0.4, -0.2) is 60.1 Å². The van der Waals surface area contributed by atoms with Crippen molar-refractivity contribution in [2.45, 2.75) is 26.8 Å². The highest BCUT2D eigenvalue weighted by Crippen LogP contribution is 2.27. The van der Waals surface area contributed by atoms with Crippen molar-refractivity contribution in [2.24, 2.45) is 0 Å². The Balaban J connectivity index is 1.65. The first-order valence-corrected chi connectivity index (χ1v) is 9.29. The van der Waals surface area contributed by atoms with Crippen LogP contribution < -0.4 is 5.32 Å². The van der Waals surface area contributed by atoms with Gasteiger partial charge in [0.25, 0.3) is 0 Å². The number of oxazole rings is 1. The van der Waals surface area contributed by atoms with Crippen molar-refractivity contribution in [3.8, 4) is 17.5 Å². The molecule has 1 aliphatic heterocycles. The third kappa shape index (κ3) is 4.06. The third-order valence-corrected chi connectivity index (χ3v) is 5.14. The summed E-state index contributed by atoms with van der Waals surface area (Å²) in [7, 11) is 0. The van der Waals surface area contributed by atoms with E-state index in [4.69, 9.17) is 4.42 Å². The highest BCUT2D eigenvalue weighted by molar-refractivity contribution is 5.62. The number of hydrogen-bond donors (Lipinski definition) is 1.